The number of methoxy groups -OCH3 is 1. The SMILES string of the molecule is COC(=O)C=Cc1ccc(F)cc1SC. The highest BCUT2D eigenvalue weighted by molar-refractivity contribution is 7.98. The molecule has 0 saturated carbocycles. The number of esters is 1. The molecular formula is C11H11FO2S. The van der Waals surface area contributed by atoms with Crippen LogP contribution in [-0.2, 0) is 9.53 Å². The summed E-state index contributed by atoms with van der Waals surface area (Å²) in [6.45, 7) is 0. The van der Waals surface area contributed by atoms with E-state index in [-0.39, 0.29) is 5.82 Å². The Balaban J connectivity index is 2.94. The van der Waals surface area contributed by atoms with Crippen LogP contribution >= 0.6 is 11.8 Å². The van der Waals surface area contributed by atoms with Gasteiger partial charge in [0.15, 0.2) is 0 Å². The molecule has 0 unspecified atom stereocenters. The van der Waals surface area contributed by atoms with E-state index in [1.807, 2.05) is 6.26 Å². The molecule has 0 fully saturated rings. The summed E-state index contributed by atoms with van der Waals surface area (Å²) in [5.41, 5.74) is 0.800. The third-order valence-corrected chi connectivity index (χ3v) is 2.59. The van der Waals surface area contributed by atoms with Gasteiger partial charge < -0.3 is 4.74 Å². The standard InChI is InChI=1S/C11H11FO2S/c1-14-11(13)6-4-8-3-5-9(12)7-10(8)15-2/h3-7H,1-2H3. The summed E-state index contributed by atoms with van der Waals surface area (Å²) in [4.78, 5) is 11.6. The summed E-state index contributed by atoms with van der Waals surface area (Å²) in [5.74, 6) is -0.707. The van der Waals surface area contributed by atoms with Gasteiger partial charge in [0.2, 0.25) is 0 Å². The quantitative estimate of drug-likeness (QED) is 0.450. The van der Waals surface area contributed by atoms with Gasteiger partial charge in [0.25, 0.3) is 0 Å². The van der Waals surface area contributed by atoms with Crippen molar-refractivity contribution in [3.8, 4) is 0 Å². The smallest absolute Gasteiger partial charge is 0.330 e. The Labute approximate surface area is 92.1 Å². The molecule has 0 heterocycles. The molecule has 15 heavy (non-hydrogen) atoms. The predicted octanol–water partition coefficient (Wildman–Crippen LogP) is 2.73. The third-order valence-electron chi connectivity index (χ3n) is 1.80. The van der Waals surface area contributed by atoms with Crippen molar-refractivity contribution in [2.75, 3.05) is 13.4 Å². The van der Waals surface area contributed by atoms with Gasteiger partial charge in [-0.3, -0.25) is 0 Å². The second kappa shape index (κ2) is 5.56. The monoisotopic (exact) mass is 226 g/mol. The first-order valence-electron chi connectivity index (χ1n) is 4.27. The molecule has 0 N–H and O–H groups in total. The lowest BCUT2D eigenvalue weighted by molar-refractivity contribution is -0.134. The summed E-state index contributed by atoms with van der Waals surface area (Å²) in [7, 11) is 1.31. The Bertz CT molecular complexity index is 388. The number of carbonyl (C=O) groups excluding carboxylic acids is 1. The van der Waals surface area contributed by atoms with E-state index < -0.39 is 5.97 Å². The Morgan fingerprint density at radius 3 is 2.87 bits per heavy atom. The van der Waals surface area contributed by atoms with Crippen molar-refractivity contribution in [2.24, 2.45) is 0 Å². The number of carbonyl (C=O) groups is 1. The molecule has 80 valence electrons. The largest absolute Gasteiger partial charge is 0.466 e. The van der Waals surface area contributed by atoms with Crippen molar-refractivity contribution in [2.45, 2.75) is 4.90 Å². The molecule has 0 spiro atoms. The fourth-order valence-corrected chi connectivity index (χ4v) is 1.65. The van der Waals surface area contributed by atoms with E-state index in [0.29, 0.717) is 0 Å². The maximum Gasteiger partial charge on any atom is 0.330 e. The Hall–Kier alpha value is -1.29. The minimum absolute atomic E-state index is 0.283. The van der Waals surface area contributed by atoms with E-state index in [1.54, 1.807) is 12.1 Å². The number of ether oxygens (including phenoxy) is 1. The van der Waals surface area contributed by atoms with Crippen LogP contribution in [-0.4, -0.2) is 19.3 Å². The Kier molecular flexibility index (Phi) is 4.37. The van der Waals surface area contributed by atoms with Crippen molar-refractivity contribution in [3.05, 3.63) is 35.7 Å². The lowest BCUT2D eigenvalue weighted by atomic mass is 10.2. The molecule has 1 rings (SSSR count). The number of hydrogen-bond acceptors (Lipinski definition) is 3. The van der Waals surface area contributed by atoms with E-state index >= 15 is 0 Å². The highest BCUT2D eigenvalue weighted by atomic mass is 32.2. The van der Waals surface area contributed by atoms with Gasteiger partial charge in [-0.05, 0) is 30.0 Å². The normalized spacial score (nSPS) is 10.6. The predicted molar refractivity (Wildman–Crippen MR) is 59.2 cm³/mol. The van der Waals surface area contributed by atoms with Crippen LogP contribution in [0.5, 0.6) is 0 Å². The summed E-state index contributed by atoms with van der Waals surface area (Å²) in [6, 6.07) is 4.42. The molecule has 4 heteroatoms. The lowest BCUT2D eigenvalue weighted by Gasteiger charge is -2.02. The van der Waals surface area contributed by atoms with Gasteiger partial charge in [0.1, 0.15) is 5.82 Å². The van der Waals surface area contributed by atoms with Gasteiger partial charge >= 0.3 is 5.97 Å². The van der Waals surface area contributed by atoms with Gasteiger partial charge in [-0.25, -0.2) is 9.18 Å². The van der Waals surface area contributed by atoms with E-state index in [0.717, 1.165) is 10.5 Å². The van der Waals surface area contributed by atoms with E-state index in [9.17, 15) is 9.18 Å². The average molecular weight is 226 g/mol. The van der Waals surface area contributed by atoms with E-state index in [2.05, 4.69) is 4.74 Å². The summed E-state index contributed by atoms with van der Waals surface area (Å²) in [5, 5.41) is 0. The fourth-order valence-electron chi connectivity index (χ4n) is 1.05. The molecule has 0 saturated heterocycles. The van der Waals surface area contributed by atoms with Gasteiger partial charge in [-0.2, -0.15) is 0 Å². The number of halogens is 1. The highest BCUT2D eigenvalue weighted by Crippen LogP contribution is 2.22. The number of hydrogen-bond donors (Lipinski definition) is 0. The number of rotatable bonds is 3. The van der Waals surface area contributed by atoms with Crippen LogP contribution in [0.25, 0.3) is 6.08 Å². The minimum Gasteiger partial charge on any atom is -0.466 e. The van der Waals surface area contributed by atoms with Crippen LogP contribution in [0.15, 0.2) is 29.2 Å². The van der Waals surface area contributed by atoms with Crippen molar-refractivity contribution < 1.29 is 13.9 Å². The average Bonchev–Trinajstić information content (AvgIpc) is 2.26. The van der Waals surface area contributed by atoms with E-state index in [4.69, 9.17) is 0 Å². The van der Waals surface area contributed by atoms with Crippen LogP contribution in [0.1, 0.15) is 5.56 Å². The van der Waals surface area contributed by atoms with Gasteiger partial charge in [-0.1, -0.05) is 6.07 Å². The first-order chi connectivity index (χ1) is 7.17. The van der Waals surface area contributed by atoms with Crippen LogP contribution in [0.2, 0.25) is 0 Å². The zero-order chi connectivity index (χ0) is 11.3. The summed E-state index contributed by atoms with van der Waals surface area (Å²) in [6.07, 6.45) is 4.77. The molecule has 0 aromatic heterocycles. The first kappa shape index (κ1) is 11.8. The van der Waals surface area contributed by atoms with Crippen LogP contribution in [0, 0.1) is 5.82 Å². The second-order valence-electron chi connectivity index (χ2n) is 2.74. The van der Waals surface area contributed by atoms with Crippen LogP contribution in [0.4, 0.5) is 4.39 Å². The van der Waals surface area contributed by atoms with Crippen molar-refractivity contribution in [3.63, 3.8) is 0 Å². The maximum absolute atomic E-state index is 12.9. The Morgan fingerprint density at radius 2 is 2.27 bits per heavy atom. The zero-order valence-corrected chi connectivity index (χ0v) is 9.31. The Morgan fingerprint density at radius 1 is 1.53 bits per heavy atom. The van der Waals surface area contributed by atoms with E-state index in [1.165, 1.54) is 37.1 Å². The topological polar surface area (TPSA) is 26.3 Å². The zero-order valence-electron chi connectivity index (χ0n) is 8.49. The molecule has 0 bridgehead atoms. The first-order valence-corrected chi connectivity index (χ1v) is 5.49. The highest BCUT2D eigenvalue weighted by Gasteiger charge is 2.01. The molecule has 2 nitrogen and oxygen atoms in total. The van der Waals surface area contributed by atoms with Crippen LogP contribution in [0.3, 0.4) is 0 Å². The third kappa shape index (κ3) is 3.40. The van der Waals surface area contributed by atoms with Crippen molar-refractivity contribution in [1.29, 1.82) is 0 Å². The molecule has 0 aliphatic carbocycles. The van der Waals surface area contributed by atoms with Crippen molar-refractivity contribution in [1.82, 2.24) is 0 Å². The van der Waals surface area contributed by atoms with Crippen LogP contribution < -0.4 is 0 Å². The van der Waals surface area contributed by atoms with Gasteiger partial charge in [-0.15, -0.1) is 11.8 Å². The summed E-state index contributed by atoms with van der Waals surface area (Å²) < 4.78 is 17.3. The second-order valence-corrected chi connectivity index (χ2v) is 3.59. The summed E-state index contributed by atoms with van der Waals surface area (Å²) >= 11 is 1.43. The molecule has 0 aliphatic rings. The van der Waals surface area contributed by atoms with Gasteiger partial charge in [0, 0.05) is 11.0 Å². The fraction of sp³-hybridized carbons (Fsp3) is 0.182. The minimum atomic E-state index is -0.425. The molecule has 0 amide bonds. The molecule has 0 atom stereocenters. The lowest BCUT2D eigenvalue weighted by Crippen LogP contribution is -1.93. The van der Waals surface area contributed by atoms with Crippen molar-refractivity contribution >= 4 is 23.8 Å². The molecular weight excluding hydrogens is 215 g/mol. The molecule has 0 radical (unpaired) electrons. The molecule has 1 aromatic rings. The number of benzene rings is 1. The molecule has 0 aliphatic heterocycles. The maximum atomic E-state index is 12.9. The number of thioether (sulfide) groups is 1. The van der Waals surface area contributed by atoms with Gasteiger partial charge in [0.05, 0.1) is 7.11 Å². The molecule has 1 aromatic carbocycles.